The van der Waals surface area contributed by atoms with Crippen molar-refractivity contribution in [2.75, 3.05) is 150 Å². The Morgan fingerprint density at radius 2 is 0.664 bits per heavy atom. The van der Waals surface area contributed by atoms with Gasteiger partial charge >= 0.3 is 5.97 Å². The van der Waals surface area contributed by atoms with Gasteiger partial charge in [-0.25, -0.2) is 63.7 Å². The molecule has 18 rings (SSSR count). The van der Waals surface area contributed by atoms with Gasteiger partial charge < -0.3 is 66.3 Å². The molecular weight excluding hydrogens is 1430 g/mol. The van der Waals surface area contributed by atoms with Gasteiger partial charge in [-0.2, -0.15) is 30.2 Å². The van der Waals surface area contributed by atoms with Crippen LogP contribution < -0.4 is 37.2 Å². The van der Waals surface area contributed by atoms with Crippen LogP contribution in [0.5, 0.6) is 0 Å². The third kappa shape index (κ3) is 17.0. The predicted molar refractivity (Wildman–Crippen MR) is 408 cm³/mol. The number of nitrogens with zero attached hydrogens (tertiary/aromatic N) is 26. The van der Waals surface area contributed by atoms with E-state index in [1.165, 1.54) is 24.5 Å². The van der Waals surface area contributed by atoms with Crippen LogP contribution in [0.15, 0.2) is 129 Å². The molecule has 0 saturated carbocycles. The van der Waals surface area contributed by atoms with Gasteiger partial charge in [0.25, 0.3) is 11.8 Å². The van der Waals surface area contributed by atoms with Crippen molar-refractivity contribution in [1.82, 2.24) is 119 Å². The van der Waals surface area contributed by atoms with Gasteiger partial charge in [0.2, 0.25) is 35.7 Å². The van der Waals surface area contributed by atoms with Crippen LogP contribution in [0.3, 0.4) is 0 Å². The second-order valence-corrected chi connectivity index (χ2v) is 26.4. The predicted octanol–water partition coefficient (Wildman–Crippen LogP) is 4.98. The van der Waals surface area contributed by atoms with Crippen LogP contribution in [-0.2, 0) is 14.2 Å². The van der Waals surface area contributed by atoms with Crippen LogP contribution in [-0.4, -0.2) is 255 Å². The number of hydrogen-bond acceptors (Lipinski definition) is 31. The molecule has 0 spiro atoms. The maximum absolute atomic E-state index is 12.9. The minimum absolute atomic E-state index is 0. The maximum Gasteiger partial charge on any atom is 0.335 e. The van der Waals surface area contributed by atoms with Crippen LogP contribution >= 0.6 is 12.4 Å². The number of piperidine rings is 3. The number of morpholine rings is 3. The summed E-state index contributed by atoms with van der Waals surface area (Å²) in [6.45, 7) is 12.8. The first-order chi connectivity index (χ1) is 53.4. The van der Waals surface area contributed by atoms with Gasteiger partial charge in [-0.05, 0) is 88.0 Å². The van der Waals surface area contributed by atoms with Gasteiger partial charge in [-0.1, -0.05) is 0 Å². The van der Waals surface area contributed by atoms with Crippen molar-refractivity contribution in [2.45, 2.75) is 56.7 Å². The van der Waals surface area contributed by atoms with Gasteiger partial charge in [0.05, 0.1) is 115 Å². The molecule has 6 saturated heterocycles. The Morgan fingerprint density at radius 1 is 0.382 bits per heavy atom. The highest BCUT2D eigenvalue weighted by atomic mass is 35.5. The molecule has 0 bridgehead atoms. The van der Waals surface area contributed by atoms with Crippen molar-refractivity contribution in [3.63, 3.8) is 0 Å². The van der Waals surface area contributed by atoms with Crippen molar-refractivity contribution < 1.29 is 33.7 Å². The van der Waals surface area contributed by atoms with E-state index in [4.69, 9.17) is 76.6 Å². The Kier molecular flexibility index (Phi) is 23.5. The van der Waals surface area contributed by atoms with Crippen LogP contribution in [0.1, 0.15) is 87.7 Å². The number of likely N-dealkylation sites (tertiary alicyclic amines) is 2. The summed E-state index contributed by atoms with van der Waals surface area (Å²) in [5.41, 5.74) is 25.6. The summed E-state index contributed by atoms with van der Waals surface area (Å²) in [5, 5.41) is 28.5. The zero-order chi connectivity index (χ0) is 74.6. The summed E-state index contributed by atoms with van der Waals surface area (Å²) in [5.74, 6) is 1.76. The number of aromatic nitrogens is 21. The van der Waals surface area contributed by atoms with Gasteiger partial charge in [-0.15, -0.1) is 12.4 Å². The smallest absolute Gasteiger partial charge is 0.335 e. The number of fused-ring (bicyclic) bond motifs is 3. The Morgan fingerprint density at radius 3 is 0.945 bits per heavy atom. The number of ether oxygens (including phenoxy) is 3. The van der Waals surface area contributed by atoms with Crippen LogP contribution in [0.4, 0.5) is 35.7 Å². The molecule has 0 aromatic carbocycles. The normalized spacial score (nSPS) is 16.6. The fourth-order valence-corrected chi connectivity index (χ4v) is 13.8. The van der Waals surface area contributed by atoms with E-state index in [1.54, 1.807) is 98.6 Å². The lowest BCUT2D eigenvalue weighted by Crippen LogP contribution is -2.39. The number of carbonyl (C=O) groups excluding carboxylic acids is 2. The number of aromatic carboxylic acids is 1. The molecule has 6 fully saturated rings. The number of nitrogens with two attached hydrogens (primary N) is 3. The highest BCUT2D eigenvalue weighted by Gasteiger charge is 2.32. The van der Waals surface area contributed by atoms with Crippen molar-refractivity contribution in [2.24, 2.45) is 0 Å². The quantitative estimate of drug-likeness (QED) is 0.108. The summed E-state index contributed by atoms with van der Waals surface area (Å²) < 4.78 is 22.5. The van der Waals surface area contributed by atoms with E-state index < -0.39 is 5.97 Å². The Hall–Kier alpha value is -12.3. The Labute approximate surface area is 635 Å². The number of carboxylic acid groups (broad SMARTS) is 1. The number of carbonyl (C=O) groups is 3. The minimum Gasteiger partial charge on any atom is -0.478 e. The summed E-state index contributed by atoms with van der Waals surface area (Å²) >= 11 is 0. The molecule has 8 N–H and O–H groups in total. The standard InChI is InChI=1S/2C24H26N10O2.C18H23N9O.C6H5NO2.ClH/c2*25-23-27-13-17(14-28-23)20-19-15-29-34(21(19)31-24(30-20)33-9-11-36-12-10-33)18-3-7-32(8-4-18)22(35)16-1-5-26-6-2-16;19-17-21-9-12(10-22-17)15-14-11-23-27(13-1-3-20-4-2-13)16(14)25-18(24-15)26-5-7-28-8-6-26;8-6(9)5-1-3-7-4-2-5;/h2*1-2,5-6,13-15,18H,3-4,7-12H2,(H2,25,27,28);9-11,13,20H,1-8H2,(H2,19,21,22);1-4H,(H,8,9);1H. The average molecular weight is 1510 g/mol. The number of hydrogen-bond donors (Lipinski definition) is 5. The first-order valence-corrected chi connectivity index (χ1v) is 36.1. The van der Waals surface area contributed by atoms with Crippen molar-refractivity contribution >= 4 is 99.0 Å². The molecule has 2 amide bonds. The second-order valence-electron chi connectivity index (χ2n) is 26.4. The summed E-state index contributed by atoms with van der Waals surface area (Å²) in [6, 6.07) is 10.5. The van der Waals surface area contributed by atoms with Gasteiger partial charge in [0, 0.05) is 168 Å². The van der Waals surface area contributed by atoms with Crippen LogP contribution in [0.25, 0.3) is 66.9 Å². The van der Waals surface area contributed by atoms with Gasteiger partial charge in [0.1, 0.15) is 0 Å². The monoisotopic (exact) mass is 1510 g/mol. The molecule has 37 nitrogen and oxygen atoms in total. The number of amides is 2. The molecule has 110 heavy (non-hydrogen) atoms. The third-order valence-electron chi connectivity index (χ3n) is 19.7. The van der Waals surface area contributed by atoms with E-state index in [1.807, 2.05) is 25.4 Å². The van der Waals surface area contributed by atoms with Crippen LogP contribution in [0, 0.1) is 0 Å². The van der Waals surface area contributed by atoms with E-state index in [0.29, 0.717) is 127 Å². The topological polar surface area (TPSA) is 452 Å². The van der Waals surface area contributed by atoms with Crippen molar-refractivity contribution in [3.05, 3.63) is 146 Å². The zero-order valence-corrected chi connectivity index (χ0v) is 60.8. The van der Waals surface area contributed by atoms with E-state index in [-0.39, 0.29) is 59.7 Å². The van der Waals surface area contributed by atoms with E-state index >= 15 is 0 Å². The van der Waals surface area contributed by atoms with E-state index in [9.17, 15) is 14.4 Å². The molecule has 0 aliphatic carbocycles. The van der Waals surface area contributed by atoms with E-state index in [2.05, 4.69) is 74.7 Å². The molecule has 38 heteroatoms. The molecule has 0 atom stereocenters. The number of carboxylic acids is 1. The largest absolute Gasteiger partial charge is 0.478 e. The van der Waals surface area contributed by atoms with Gasteiger partial charge in [-0.3, -0.25) is 24.5 Å². The third-order valence-corrected chi connectivity index (χ3v) is 19.7. The first kappa shape index (κ1) is 74.5. The minimum atomic E-state index is -0.919. The number of rotatable bonds is 12. The lowest BCUT2D eigenvalue weighted by molar-refractivity contribution is 0.0684. The summed E-state index contributed by atoms with van der Waals surface area (Å²) in [7, 11) is 0. The molecule has 12 aromatic heterocycles. The summed E-state index contributed by atoms with van der Waals surface area (Å²) in [6.07, 6.45) is 30.2. The molecule has 0 unspecified atom stereocenters. The molecule has 12 aromatic rings. The van der Waals surface area contributed by atoms with E-state index in [0.717, 1.165) is 132 Å². The molecule has 568 valence electrons. The number of nitrogen functional groups attached to an aromatic ring is 3. The van der Waals surface area contributed by atoms with Crippen molar-refractivity contribution in [3.8, 4) is 33.8 Å². The molecule has 6 aliphatic rings. The molecule has 6 aliphatic heterocycles. The number of halogens is 1. The molecule has 0 radical (unpaired) electrons. The fraction of sp³-hybridized carbons (Fsp3) is 0.375. The molecular formula is C72H81ClN30O7. The second kappa shape index (κ2) is 34.7. The van der Waals surface area contributed by atoms with Gasteiger partial charge in [0.15, 0.2) is 16.9 Å². The Balaban J connectivity index is 0.000000130. The molecule has 18 heterocycles. The first-order valence-electron chi connectivity index (χ1n) is 36.1. The lowest BCUT2D eigenvalue weighted by Gasteiger charge is -2.32. The van der Waals surface area contributed by atoms with Crippen LogP contribution in [0.2, 0.25) is 0 Å². The average Bonchev–Trinajstić information content (AvgIpc) is 1.58. The highest BCUT2D eigenvalue weighted by molar-refractivity contribution is 5.96. The van der Waals surface area contributed by atoms with Crippen molar-refractivity contribution in [1.29, 1.82) is 0 Å². The summed E-state index contributed by atoms with van der Waals surface area (Å²) in [4.78, 5) is 112. The SMILES string of the molecule is Cl.Nc1ncc(-c2nc(N3CCOCC3)nc3c2cnn3C2CCN(C(=O)c3ccncc3)CC2)cn1.Nc1ncc(-c2nc(N3CCOCC3)nc3c2cnn3C2CCN(C(=O)c3ccncc3)CC2)cn1.Nc1ncc(-c2nc(N3CCOCC3)nc3c2cnn3C2CCNCC2)cn1.O=C(O)c1ccncc1. The zero-order valence-electron chi connectivity index (χ0n) is 60.0. The number of pyridine rings is 3. The Bertz CT molecular complexity index is 4860. The number of anilines is 6. The highest BCUT2D eigenvalue weighted by Crippen LogP contribution is 2.36. The maximum atomic E-state index is 12.9. The fourth-order valence-electron chi connectivity index (χ4n) is 13.8. The number of nitrogens with one attached hydrogen (secondary N) is 1. The lowest BCUT2D eigenvalue weighted by atomic mass is 10.0.